The number of carboxylic acid groups (broad SMARTS) is 1. The molecule has 1 unspecified atom stereocenters. The molecule has 1 amide bonds. The highest BCUT2D eigenvalue weighted by Gasteiger charge is 2.31. The molecule has 1 aromatic carbocycles. The summed E-state index contributed by atoms with van der Waals surface area (Å²) in [6, 6.07) is 2.48. The summed E-state index contributed by atoms with van der Waals surface area (Å²) in [5.41, 5.74) is -0.322. The van der Waals surface area contributed by atoms with Gasteiger partial charge in [-0.1, -0.05) is 0 Å². The topological polar surface area (TPSA) is 119 Å². The van der Waals surface area contributed by atoms with Gasteiger partial charge in [-0.2, -0.15) is 0 Å². The van der Waals surface area contributed by atoms with Crippen molar-refractivity contribution >= 4 is 17.6 Å². The number of likely N-dealkylation sites (tertiary alicyclic amines) is 1. The van der Waals surface area contributed by atoms with Gasteiger partial charge in [0.1, 0.15) is 0 Å². The first-order valence-corrected chi connectivity index (χ1v) is 7.31. The first-order chi connectivity index (χ1) is 11.4. The molecule has 130 valence electrons. The Labute approximate surface area is 137 Å². The number of nitrogens with zero attached hydrogens (tertiary/aromatic N) is 2. The molecule has 1 aliphatic heterocycles. The molecule has 1 aromatic rings. The van der Waals surface area contributed by atoms with E-state index < -0.39 is 22.7 Å². The van der Waals surface area contributed by atoms with Gasteiger partial charge >= 0.3 is 11.7 Å². The van der Waals surface area contributed by atoms with E-state index in [1.165, 1.54) is 25.2 Å². The number of carbonyl (C=O) groups excluding carboxylic acids is 1. The van der Waals surface area contributed by atoms with Crippen molar-refractivity contribution in [2.75, 3.05) is 27.3 Å². The third-order valence-electron chi connectivity index (χ3n) is 3.96. The van der Waals surface area contributed by atoms with Crippen LogP contribution in [0.5, 0.6) is 11.5 Å². The number of carboxylic acids is 1. The Hall–Kier alpha value is -2.84. The van der Waals surface area contributed by atoms with Crippen molar-refractivity contribution in [3.8, 4) is 11.5 Å². The zero-order valence-electron chi connectivity index (χ0n) is 13.4. The molecular formula is C15H18N2O7. The Morgan fingerprint density at radius 2 is 2.04 bits per heavy atom. The van der Waals surface area contributed by atoms with Crippen LogP contribution in [-0.2, 0) is 4.79 Å². The Balaban J connectivity index is 2.37. The molecule has 0 radical (unpaired) electrons. The minimum atomic E-state index is -0.953. The van der Waals surface area contributed by atoms with Gasteiger partial charge in [-0.05, 0) is 18.9 Å². The first-order valence-electron chi connectivity index (χ1n) is 7.31. The van der Waals surface area contributed by atoms with Crippen LogP contribution in [0.1, 0.15) is 23.2 Å². The number of amides is 1. The summed E-state index contributed by atoms with van der Waals surface area (Å²) in [4.78, 5) is 35.7. The largest absolute Gasteiger partial charge is 0.493 e. The van der Waals surface area contributed by atoms with Crippen LogP contribution >= 0.6 is 0 Å². The van der Waals surface area contributed by atoms with Crippen LogP contribution < -0.4 is 9.47 Å². The number of methoxy groups -OCH3 is 2. The fraction of sp³-hybridized carbons (Fsp3) is 0.467. The fourth-order valence-electron chi connectivity index (χ4n) is 2.75. The summed E-state index contributed by atoms with van der Waals surface area (Å²) in [5, 5.41) is 20.3. The number of rotatable bonds is 5. The SMILES string of the molecule is COc1cc(C(=O)N2CCCC(C(=O)O)C2)cc([N+](=O)[O-])c1OC. The average molecular weight is 338 g/mol. The third-order valence-corrected chi connectivity index (χ3v) is 3.96. The second-order valence-electron chi connectivity index (χ2n) is 5.42. The molecule has 1 fully saturated rings. The Morgan fingerprint density at radius 1 is 1.33 bits per heavy atom. The molecular weight excluding hydrogens is 320 g/mol. The van der Waals surface area contributed by atoms with Crippen LogP contribution in [0.2, 0.25) is 0 Å². The molecule has 2 rings (SSSR count). The quantitative estimate of drug-likeness (QED) is 0.639. The van der Waals surface area contributed by atoms with E-state index in [1.807, 2.05) is 0 Å². The van der Waals surface area contributed by atoms with E-state index in [4.69, 9.17) is 14.6 Å². The molecule has 1 atom stereocenters. The molecule has 24 heavy (non-hydrogen) atoms. The average Bonchev–Trinajstić information content (AvgIpc) is 2.59. The van der Waals surface area contributed by atoms with E-state index in [0.717, 1.165) is 6.07 Å². The first kappa shape index (κ1) is 17.5. The van der Waals surface area contributed by atoms with Crippen molar-refractivity contribution in [1.29, 1.82) is 0 Å². The maximum Gasteiger partial charge on any atom is 0.315 e. The second kappa shape index (κ2) is 7.16. The van der Waals surface area contributed by atoms with E-state index in [1.54, 1.807) is 0 Å². The smallest absolute Gasteiger partial charge is 0.315 e. The van der Waals surface area contributed by atoms with Gasteiger partial charge in [-0.15, -0.1) is 0 Å². The predicted molar refractivity (Wildman–Crippen MR) is 82.5 cm³/mol. The normalized spacial score (nSPS) is 17.2. The van der Waals surface area contributed by atoms with Crippen LogP contribution in [0.15, 0.2) is 12.1 Å². The fourth-order valence-corrected chi connectivity index (χ4v) is 2.75. The molecule has 9 heteroatoms. The Bertz CT molecular complexity index is 674. The highest BCUT2D eigenvalue weighted by molar-refractivity contribution is 5.96. The molecule has 0 saturated carbocycles. The molecule has 0 aliphatic carbocycles. The summed E-state index contributed by atoms with van der Waals surface area (Å²) < 4.78 is 10.1. The summed E-state index contributed by atoms with van der Waals surface area (Å²) >= 11 is 0. The molecule has 0 aromatic heterocycles. The van der Waals surface area contributed by atoms with Gasteiger partial charge in [0.2, 0.25) is 5.75 Å². The zero-order chi connectivity index (χ0) is 17.9. The molecule has 1 N–H and O–H groups in total. The van der Waals surface area contributed by atoms with Crippen LogP contribution in [0, 0.1) is 16.0 Å². The summed E-state index contributed by atoms with van der Waals surface area (Å²) in [7, 11) is 2.59. The molecule has 1 heterocycles. The van der Waals surface area contributed by atoms with E-state index >= 15 is 0 Å². The highest BCUT2D eigenvalue weighted by atomic mass is 16.6. The number of piperidine rings is 1. The number of nitro groups is 1. The zero-order valence-corrected chi connectivity index (χ0v) is 13.4. The van der Waals surface area contributed by atoms with Gasteiger partial charge in [0.15, 0.2) is 5.75 Å². The monoisotopic (exact) mass is 338 g/mol. The summed E-state index contributed by atoms with van der Waals surface area (Å²) in [6.45, 7) is 0.487. The maximum absolute atomic E-state index is 12.6. The highest BCUT2D eigenvalue weighted by Crippen LogP contribution is 2.38. The second-order valence-corrected chi connectivity index (χ2v) is 5.42. The lowest BCUT2D eigenvalue weighted by Crippen LogP contribution is -2.42. The van der Waals surface area contributed by atoms with Crippen LogP contribution in [0.25, 0.3) is 0 Å². The lowest BCUT2D eigenvalue weighted by Gasteiger charge is -2.30. The van der Waals surface area contributed by atoms with Gasteiger partial charge in [0.25, 0.3) is 5.91 Å². The van der Waals surface area contributed by atoms with Crippen molar-refractivity contribution in [3.63, 3.8) is 0 Å². The molecule has 0 bridgehead atoms. The minimum Gasteiger partial charge on any atom is -0.493 e. The van der Waals surface area contributed by atoms with Crippen LogP contribution in [-0.4, -0.2) is 54.1 Å². The summed E-state index contributed by atoms with van der Waals surface area (Å²) in [6.07, 6.45) is 1.07. The third kappa shape index (κ3) is 3.39. The molecule has 1 saturated heterocycles. The number of carbonyl (C=O) groups is 2. The van der Waals surface area contributed by atoms with Crippen LogP contribution in [0.4, 0.5) is 5.69 Å². The van der Waals surface area contributed by atoms with Crippen molar-refractivity contribution in [3.05, 3.63) is 27.8 Å². The molecule has 9 nitrogen and oxygen atoms in total. The number of nitro benzene ring substituents is 1. The van der Waals surface area contributed by atoms with Crippen molar-refractivity contribution in [1.82, 2.24) is 4.90 Å². The van der Waals surface area contributed by atoms with Gasteiger partial charge in [0.05, 0.1) is 30.6 Å². The number of hydrogen-bond donors (Lipinski definition) is 1. The Morgan fingerprint density at radius 3 is 2.58 bits per heavy atom. The predicted octanol–water partition coefficient (Wildman–Crippen LogP) is 1.55. The number of benzene rings is 1. The minimum absolute atomic E-state index is 0.0605. The van der Waals surface area contributed by atoms with E-state index in [0.29, 0.717) is 19.4 Å². The van der Waals surface area contributed by atoms with Gasteiger partial charge in [-0.3, -0.25) is 19.7 Å². The Kier molecular flexibility index (Phi) is 5.22. The lowest BCUT2D eigenvalue weighted by atomic mass is 9.97. The van der Waals surface area contributed by atoms with E-state index in [9.17, 15) is 19.7 Å². The van der Waals surface area contributed by atoms with Gasteiger partial charge in [-0.25, -0.2) is 0 Å². The van der Waals surface area contributed by atoms with E-state index in [2.05, 4.69) is 0 Å². The number of ether oxygens (including phenoxy) is 2. The lowest BCUT2D eigenvalue weighted by molar-refractivity contribution is -0.385. The van der Waals surface area contributed by atoms with Crippen LogP contribution in [0.3, 0.4) is 0 Å². The van der Waals surface area contributed by atoms with Gasteiger partial charge in [0, 0.05) is 19.2 Å². The van der Waals surface area contributed by atoms with Crippen molar-refractivity contribution in [2.24, 2.45) is 5.92 Å². The number of aliphatic carboxylic acids is 1. The van der Waals surface area contributed by atoms with Crippen molar-refractivity contribution in [2.45, 2.75) is 12.8 Å². The molecule has 1 aliphatic rings. The number of hydrogen-bond acceptors (Lipinski definition) is 6. The standard InChI is InChI=1S/C15H18N2O7/c1-23-12-7-10(6-11(17(21)22)13(12)24-2)14(18)16-5-3-4-9(8-16)15(19)20/h6-7,9H,3-5,8H2,1-2H3,(H,19,20). The van der Waals surface area contributed by atoms with Gasteiger partial charge < -0.3 is 19.5 Å². The summed E-state index contributed by atoms with van der Waals surface area (Å²) in [5.74, 6) is -2.04. The maximum atomic E-state index is 12.6. The van der Waals surface area contributed by atoms with Crippen molar-refractivity contribution < 1.29 is 29.1 Å². The molecule has 0 spiro atoms. The van der Waals surface area contributed by atoms with E-state index in [-0.39, 0.29) is 29.3 Å².